The zero-order valence-corrected chi connectivity index (χ0v) is 12.6. The van der Waals surface area contributed by atoms with Gasteiger partial charge in [-0.15, -0.1) is 0 Å². The number of carbonyl (C=O) groups is 1. The SMILES string of the molecule is CNC(=O)c1ccc(-c2cc3cccc([B-](F)(F)F)c3cn2)cn1. The molecule has 1 N–H and O–H groups in total. The number of aromatic nitrogens is 2. The average Bonchev–Trinajstić information content (AvgIpc) is 2.59. The fourth-order valence-electron chi connectivity index (χ4n) is 2.45. The number of amides is 1. The van der Waals surface area contributed by atoms with Crippen LogP contribution in [0.2, 0.25) is 0 Å². The molecule has 122 valence electrons. The zero-order valence-electron chi connectivity index (χ0n) is 12.6. The zero-order chi connectivity index (χ0) is 17.3. The summed E-state index contributed by atoms with van der Waals surface area (Å²) in [6.07, 6.45) is 2.69. The van der Waals surface area contributed by atoms with Gasteiger partial charge in [0.15, 0.2) is 0 Å². The standard InChI is InChI=1S/C16H12BF3N3O/c1-21-16(24)14-6-5-11(8-22-14)15-7-10-3-2-4-13(17(18,19)20)12(10)9-23-15/h2-9H,1H3,(H,21,24)/q-1. The van der Waals surface area contributed by atoms with Crippen LogP contribution in [-0.4, -0.2) is 29.9 Å². The Labute approximate surface area is 135 Å². The van der Waals surface area contributed by atoms with Gasteiger partial charge in [0, 0.05) is 25.0 Å². The second-order valence-electron chi connectivity index (χ2n) is 5.22. The largest absolute Gasteiger partial charge is 0.510 e. The van der Waals surface area contributed by atoms with Crippen LogP contribution in [0.5, 0.6) is 0 Å². The maximum atomic E-state index is 13.1. The molecule has 2 aromatic heterocycles. The fourth-order valence-corrected chi connectivity index (χ4v) is 2.45. The molecule has 3 rings (SSSR count). The number of rotatable bonds is 3. The molecule has 0 saturated carbocycles. The van der Waals surface area contributed by atoms with E-state index in [2.05, 4.69) is 15.3 Å². The summed E-state index contributed by atoms with van der Waals surface area (Å²) < 4.78 is 39.2. The van der Waals surface area contributed by atoms with Crippen LogP contribution >= 0.6 is 0 Å². The Balaban J connectivity index is 2.04. The summed E-state index contributed by atoms with van der Waals surface area (Å²) in [7, 11) is 1.50. The second kappa shape index (κ2) is 5.95. The number of benzene rings is 1. The van der Waals surface area contributed by atoms with Crippen molar-refractivity contribution in [2.75, 3.05) is 7.05 Å². The number of pyridine rings is 2. The van der Waals surface area contributed by atoms with E-state index in [4.69, 9.17) is 0 Å². The summed E-state index contributed by atoms with van der Waals surface area (Å²) in [5.41, 5.74) is 0.710. The van der Waals surface area contributed by atoms with E-state index in [0.29, 0.717) is 16.6 Å². The molecule has 0 unspecified atom stereocenters. The lowest BCUT2D eigenvalue weighted by Gasteiger charge is -2.17. The van der Waals surface area contributed by atoms with Crippen molar-refractivity contribution in [3.05, 3.63) is 54.5 Å². The van der Waals surface area contributed by atoms with Gasteiger partial charge >= 0.3 is 6.98 Å². The molecule has 0 fully saturated rings. The van der Waals surface area contributed by atoms with Crippen LogP contribution in [0.15, 0.2) is 48.8 Å². The summed E-state index contributed by atoms with van der Waals surface area (Å²) in [6.45, 7) is -5.10. The van der Waals surface area contributed by atoms with Crippen molar-refractivity contribution in [1.82, 2.24) is 15.3 Å². The van der Waals surface area contributed by atoms with Gasteiger partial charge in [0.2, 0.25) is 0 Å². The molecule has 0 radical (unpaired) electrons. The quantitative estimate of drug-likeness (QED) is 0.752. The first-order chi connectivity index (χ1) is 11.4. The number of hydrogen-bond acceptors (Lipinski definition) is 3. The van der Waals surface area contributed by atoms with E-state index in [1.807, 2.05) is 0 Å². The van der Waals surface area contributed by atoms with E-state index >= 15 is 0 Å². The van der Waals surface area contributed by atoms with Gasteiger partial charge in [-0.2, -0.15) is 0 Å². The topological polar surface area (TPSA) is 54.9 Å². The molecular formula is C16H12BF3N3O-. The molecule has 1 aromatic carbocycles. The number of hydrogen-bond donors (Lipinski definition) is 1. The van der Waals surface area contributed by atoms with Gasteiger partial charge in [0.1, 0.15) is 5.69 Å². The Morgan fingerprint density at radius 2 is 1.88 bits per heavy atom. The van der Waals surface area contributed by atoms with Crippen LogP contribution in [-0.2, 0) is 0 Å². The summed E-state index contributed by atoms with van der Waals surface area (Å²) in [5.74, 6) is -0.315. The molecule has 0 bridgehead atoms. The minimum absolute atomic E-state index is 0.0729. The van der Waals surface area contributed by atoms with Crippen molar-refractivity contribution in [3.8, 4) is 11.3 Å². The van der Waals surface area contributed by atoms with Crippen molar-refractivity contribution in [2.24, 2.45) is 0 Å². The first-order valence-electron chi connectivity index (χ1n) is 7.17. The third kappa shape index (κ3) is 2.95. The number of carbonyl (C=O) groups excluding carboxylic acids is 1. The maximum absolute atomic E-state index is 13.1. The van der Waals surface area contributed by atoms with Crippen molar-refractivity contribution >= 4 is 29.1 Å². The van der Waals surface area contributed by atoms with Crippen molar-refractivity contribution < 1.29 is 17.7 Å². The Morgan fingerprint density at radius 1 is 1.08 bits per heavy atom. The molecule has 24 heavy (non-hydrogen) atoms. The highest BCUT2D eigenvalue weighted by molar-refractivity contribution is 6.75. The van der Waals surface area contributed by atoms with Crippen molar-refractivity contribution in [2.45, 2.75) is 0 Å². The van der Waals surface area contributed by atoms with E-state index in [9.17, 15) is 17.7 Å². The lowest BCUT2D eigenvalue weighted by Crippen LogP contribution is -2.34. The third-order valence-electron chi connectivity index (χ3n) is 3.67. The molecule has 2 heterocycles. The van der Waals surface area contributed by atoms with Crippen LogP contribution in [0.3, 0.4) is 0 Å². The van der Waals surface area contributed by atoms with Crippen LogP contribution in [0, 0.1) is 0 Å². The van der Waals surface area contributed by atoms with E-state index < -0.39 is 12.4 Å². The molecule has 0 saturated heterocycles. The number of nitrogens with one attached hydrogen (secondary N) is 1. The number of nitrogens with zero attached hydrogens (tertiary/aromatic N) is 2. The van der Waals surface area contributed by atoms with Crippen LogP contribution < -0.4 is 10.8 Å². The molecule has 1 amide bonds. The summed E-state index contributed by atoms with van der Waals surface area (Å²) in [6, 6.07) is 8.82. The smallest absolute Gasteiger partial charge is 0.445 e. The Hall–Kier alpha value is -2.90. The molecule has 0 aliphatic carbocycles. The first kappa shape index (κ1) is 16.0. The average molecular weight is 330 g/mol. The monoisotopic (exact) mass is 330 g/mol. The molecule has 0 aliphatic heterocycles. The molecule has 8 heteroatoms. The van der Waals surface area contributed by atoms with E-state index in [1.165, 1.54) is 31.6 Å². The van der Waals surface area contributed by atoms with Crippen molar-refractivity contribution in [1.29, 1.82) is 0 Å². The number of halogens is 3. The van der Waals surface area contributed by atoms with Gasteiger partial charge in [-0.3, -0.25) is 14.8 Å². The predicted molar refractivity (Wildman–Crippen MR) is 87.1 cm³/mol. The van der Waals surface area contributed by atoms with E-state index in [1.54, 1.807) is 18.2 Å². The Bertz CT molecular complexity index is 911. The van der Waals surface area contributed by atoms with Gasteiger partial charge in [-0.05, 0) is 29.0 Å². The first-order valence-corrected chi connectivity index (χ1v) is 7.17. The lowest BCUT2D eigenvalue weighted by molar-refractivity contribution is 0.0958. The number of fused-ring (bicyclic) bond motifs is 1. The van der Waals surface area contributed by atoms with Crippen LogP contribution in [0.1, 0.15) is 10.5 Å². The third-order valence-corrected chi connectivity index (χ3v) is 3.67. The lowest BCUT2D eigenvalue weighted by atomic mass is 9.77. The van der Waals surface area contributed by atoms with E-state index in [-0.39, 0.29) is 17.0 Å². The van der Waals surface area contributed by atoms with Gasteiger partial charge in [-0.25, -0.2) is 0 Å². The minimum atomic E-state index is -5.10. The maximum Gasteiger partial charge on any atom is 0.510 e. The summed E-state index contributed by atoms with van der Waals surface area (Å²) in [5, 5.41) is 2.99. The molecule has 4 nitrogen and oxygen atoms in total. The molecule has 0 spiro atoms. The molecular weight excluding hydrogens is 318 g/mol. The van der Waals surface area contributed by atoms with Gasteiger partial charge in [0.25, 0.3) is 5.91 Å². The summed E-state index contributed by atoms with van der Waals surface area (Å²) in [4.78, 5) is 19.6. The molecule has 3 aromatic rings. The van der Waals surface area contributed by atoms with Gasteiger partial charge in [-0.1, -0.05) is 23.7 Å². The predicted octanol–water partition coefficient (Wildman–Crippen LogP) is 2.71. The van der Waals surface area contributed by atoms with Crippen molar-refractivity contribution in [3.63, 3.8) is 0 Å². The normalized spacial score (nSPS) is 11.5. The minimum Gasteiger partial charge on any atom is -0.445 e. The highest BCUT2D eigenvalue weighted by Gasteiger charge is 2.27. The van der Waals surface area contributed by atoms with Crippen LogP contribution in [0.25, 0.3) is 22.0 Å². The molecule has 0 aliphatic rings. The summed E-state index contributed by atoms with van der Waals surface area (Å²) >= 11 is 0. The van der Waals surface area contributed by atoms with Crippen LogP contribution in [0.4, 0.5) is 12.9 Å². The second-order valence-corrected chi connectivity index (χ2v) is 5.22. The highest BCUT2D eigenvalue weighted by Crippen LogP contribution is 2.23. The van der Waals surface area contributed by atoms with E-state index in [0.717, 1.165) is 6.07 Å². The molecule has 0 atom stereocenters. The Morgan fingerprint density at radius 3 is 2.50 bits per heavy atom. The highest BCUT2D eigenvalue weighted by atomic mass is 19.4. The van der Waals surface area contributed by atoms with Gasteiger partial charge in [0.05, 0.1) is 5.69 Å². The Kier molecular flexibility index (Phi) is 3.96. The fraction of sp³-hybridized carbons (Fsp3) is 0.0625. The van der Waals surface area contributed by atoms with Gasteiger partial charge < -0.3 is 18.3 Å².